The Balaban J connectivity index is 1.56. The van der Waals surface area contributed by atoms with Crippen LogP contribution in [0.15, 0.2) is 73.3 Å². The number of hydrogen-bond acceptors (Lipinski definition) is 4. The standard InChI is InChI=1S/C24H28N4O3/c1-17(2)22(27-24(30)31-15-19-7-5-4-6-8-19)23(29)26-18(3)20-9-11-21(12-10-20)28-14-13-25-16-28/h4-14,16-18,22H,15H2,1-3H3,(H,26,29)(H,27,30)/t18?,22-/m0/s1. The van der Waals surface area contributed by atoms with Crippen LogP contribution in [0.25, 0.3) is 5.69 Å². The molecule has 0 saturated heterocycles. The van der Waals surface area contributed by atoms with Gasteiger partial charge in [-0.25, -0.2) is 9.78 Å². The van der Waals surface area contributed by atoms with E-state index < -0.39 is 12.1 Å². The molecule has 0 spiro atoms. The Morgan fingerprint density at radius 1 is 1.00 bits per heavy atom. The van der Waals surface area contributed by atoms with E-state index in [1.165, 1.54) is 0 Å². The normalized spacial score (nSPS) is 12.8. The lowest BCUT2D eigenvalue weighted by molar-refractivity contribution is -0.124. The maximum absolute atomic E-state index is 12.8. The van der Waals surface area contributed by atoms with Gasteiger partial charge >= 0.3 is 6.09 Å². The second-order valence-electron chi connectivity index (χ2n) is 7.72. The maximum atomic E-state index is 12.8. The molecule has 1 aromatic heterocycles. The van der Waals surface area contributed by atoms with Crippen LogP contribution in [0.3, 0.4) is 0 Å². The number of carbonyl (C=O) groups excluding carboxylic acids is 2. The van der Waals surface area contributed by atoms with Crippen molar-refractivity contribution in [3.05, 3.63) is 84.4 Å². The monoisotopic (exact) mass is 420 g/mol. The number of imidazole rings is 1. The van der Waals surface area contributed by atoms with E-state index >= 15 is 0 Å². The quantitative estimate of drug-likeness (QED) is 0.577. The first-order valence-corrected chi connectivity index (χ1v) is 10.3. The third-order valence-corrected chi connectivity index (χ3v) is 4.99. The van der Waals surface area contributed by atoms with Gasteiger partial charge in [-0.3, -0.25) is 4.79 Å². The third kappa shape index (κ3) is 6.18. The van der Waals surface area contributed by atoms with E-state index in [0.717, 1.165) is 16.8 Å². The average molecular weight is 421 g/mol. The van der Waals surface area contributed by atoms with Crippen molar-refractivity contribution in [3.63, 3.8) is 0 Å². The molecule has 7 nitrogen and oxygen atoms in total. The molecule has 2 amide bonds. The number of amides is 2. The largest absolute Gasteiger partial charge is 0.445 e. The lowest BCUT2D eigenvalue weighted by Gasteiger charge is -2.24. The minimum absolute atomic E-state index is 0.0971. The van der Waals surface area contributed by atoms with E-state index in [1.54, 1.807) is 12.5 Å². The number of hydrogen-bond donors (Lipinski definition) is 2. The summed E-state index contributed by atoms with van der Waals surface area (Å²) in [7, 11) is 0. The molecule has 1 unspecified atom stereocenters. The molecule has 0 saturated carbocycles. The fourth-order valence-electron chi connectivity index (χ4n) is 3.16. The molecule has 0 aliphatic rings. The highest BCUT2D eigenvalue weighted by molar-refractivity contribution is 5.86. The van der Waals surface area contributed by atoms with Crippen molar-refractivity contribution in [2.24, 2.45) is 5.92 Å². The first-order chi connectivity index (χ1) is 14.9. The van der Waals surface area contributed by atoms with Gasteiger partial charge < -0.3 is 19.9 Å². The molecule has 7 heteroatoms. The van der Waals surface area contributed by atoms with Crippen LogP contribution < -0.4 is 10.6 Å². The van der Waals surface area contributed by atoms with Gasteiger partial charge in [-0.05, 0) is 36.1 Å². The molecule has 0 aliphatic heterocycles. The zero-order chi connectivity index (χ0) is 22.2. The highest BCUT2D eigenvalue weighted by Crippen LogP contribution is 2.16. The zero-order valence-electron chi connectivity index (χ0n) is 18.0. The minimum atomic E-state index is -0.698. The molecule has 3 aromatic rings. The van der Waals surface area contributed by atoms with E-state index in [2.05, 4.69) is 15.6 Å². The number of nitrogens with zero attached hydrogens (tertiary/aromatic N) is 2. The summed E-state index contributed by atoms with van der Waals surface area (Å²) in [5.41, 5.74) is 2.84. The number of rotatable bonds is 8. The summed E-state index contributed by atoms with van der Waals surface area (Å²) in [6, 6.07) is 16.4. The van der Waals surface area contributed by atoms with Crippen LogP contribution in [0, 0.1) is 5.92 Å². The number of aromatic nitrogens is 2. The number of alkyl carbamates (subject to hydrolysis) is 1. The van der Waals surface area contributed by atoms with Crippen LogP contribution in [0.2, 0.25) is 0 Å². The fraction of sp³-hybridized carbons (Fsp3) is 0.292. The van der Waals surface area contributed by atoms with Gasteiger partial charge in [0, 0.05) is 18.1 Å². The van der Waals surface area contributed by atoms with Crippen LogP contribution in [0.4, 0.5) is 4.79 Å². The Hall–Kier alpha value is -3.61. The first-order valence-electron chi connectivity index (χ1n) is 10.3. The van der Waals surface area contributed by atoms with Gasteiger partial charge in [0.1, 0.15) is 12.6 Å². The second kappa shape index (κ2) is 10.4. The van der Waals surface area contributed by atoms with Crippen molar-refractivity contribution in [2.75, 3.05) is 0 Å². The lowest BCUT2D eigenvalue weighted by atomic mass is 10.0. The second-order valence-corrected chi connectivity index (χ2v) is 7.72. The zero-order valence-corrected chi connectivity index (χ0v) is 18.0. The van der Waals surface area contributed by atoms with E-state index in [-0.39, 0.29) is 24.5 Å². The van der Waals surface area contributed by atoms with Crippen LogP contribution >= 0.6 is 0 Å². The fourth-order valence-corrected chi connectivity index (χ4v) is 3.16. The van der Waals surface area contributed by atoms with Crippen molar-refractivity contribution < 1.29 is 14.3 Å². The number of benzene rings is 2. The molecular weight excluding hydrogens is 392 g/mol. The highest BCUT2D eigenvalue weighted by atomic mass is 16.5. The third-order valence-electron chi connectivity index (χ3n) is 4.99. The summed E-state index contributed by atoms with van der Waals surface area (Å²) in [5, 5.41) is 5.67. The van der Waals surface area contributed by atoms with E-state index in [9.17, 15) is 9.59 Å². The Bertz CT molecular complexity index is 970. The smallest absolute Gasteiger partial charge is 0.408 e. The van der Waals surface area contributed by atoms with Crippen LogP contribution in [-0.2, 0) is 16.1 Å². The van der Waals surface area contributed by atoms with Gasteiger partial charge in [0.2, 0.25) is 5.91 Å². The molecule has 2 N–H and O–H groups in total. The molecule has 3 rings (SSSR count). The highest BCUT2D eigenvalue weighted by Gasteiger charge is 2.26. The van der Waals surface area contributed by atoms with Crippen molar-refractivity contribution in [1.82, 2.24) is 20.2 Å². The molecule has 31 heavy (non-hydrogen) atoms. The number of ether oxygens (including phenoxy) is 1. The Kier molecular flexibility index (Phi) is 7.43. The topological polar surface area (TPSA) is 85.3 Å². The predicted molar refractivity (Wildman–Crippen MR) is 119 cm³/mol. The average Bonchev–Trinajstić information content (AvgIpc) is 3.31. The van der Waals surface area contributed by atoms with Crippen LogP contribution in [-0.4, -0.2) is 27.6 Å². The lowest BCUT2D eigenvalue weighted by Crippen LogP contribution is -2.50. The summed E-state index contributed by atoms with van der Waals surface area (Å²) in [4.78, 5) is 29.1. The number of carbonyl (C=O) groups is 2. The van der Waals surface area contributed by atoms with Crippen LogP contribution in [0.1, 0.15) is 37.9 Å². The van der Waals surface area contributed by atoms with E-state index in [1.807, 2.05) is 86.1 Å². The molecular formula is C24H28N4O3. The molecule has 2 aromatic carbocycles. The molecule has 2 atom stereocenters. The summed E-state index contributed by atoms with van der Waals surface area (Å²) >= 11 is 0. The Labute approximate surface area is 182 Å². The SMILES string of the molecule is CC(NC(=O)[C@@H](NC(=O)OCc1ccccc1)C(C)C)c1ccc(-n2ccnc2)cc1. The van der Waals surface area contributed by atoms with E-state index in [4.69, 9.17) is 4.74 Å². The summed E-state index contributed by atoms with van der Waals surface area (Å²) < 4.78 is 7.17. The Morgan fingerprint density at radius 2 is 1.71 bits per heavy atom. The van der Waals surface area contributed by atoms with Gasteiger partial charge in [-0.15, -0.1) is 0 Å². The van der Waals surface area contributed by atoms with Crippen molar-refractivity contribution in [1.29, 1.82) is 0 Å². The maximum Gasteiger partial charge on any atom is 0.408 e. The van der Waals surface area contributed by atoms with Gasteiger partial charge in [-0.2, -0.15) is 0 Å². The molecule has 0 fully saturated rings. The van der Waals surface area contributed by atoms with Crippen molar-refractivity contribution in [2.45, 2.75) is 39.5 Å². The minimum Gasteiger partial charge on any atom is -0.445 e. The van der Waals surface area contributed by atoms with Crippen LogP contribution in [0.5, 0.6) is 0 Å². The molecule has 162 valence electrons. The predicted octanol–water partition coefficient (Wildman–Crippen LogP) is 4.00. The summed E-state index contributed by atoms with van der Waals surface area (Å²) in [5.74, 6) is -0.349. The molecule has 0 radical (unpaired) electrons. The first kappa shape index (κ1) is 22.1. The molecule has 0 bridgehead atoms. The molecule has 0 aliphatic carbocycles. The van der Waals surface area contributed by atoms with Crippen molar-refractivity contribution >= 4 is 12.0 Å². The van der Waals surface area contributed by atoms with E-state index in [0.29, 0.717) is 0 Å². The van der Waals surface area contributed by atoms with Gasteiger partial charge in [0.15, 0.2) is 0 Å². The van der Waals surface area contributed by atoms with Gasteiger partial charge in [0.05, 0.1) is 12.4 Å². The summed E-state index contributed by atoms with van der Waals surface area (Å²) in [6.45, 7) is 5.83. The van der Waals surface area contributed by atoms with Gasteiger partial charge in [-0.1, -0.05) is 56.3 Å². The van der Waals surface area contributed by atoms with Gasteiger partial charge in [0.25, 0.3) is 0 Å². The Morgan fingerprint density at radius 3 is 2.32 bits per heavy atom. The summed E-state index contributed by atoms with van der Waals surface area (Å²) in [6.07, 6.45) is 4.71. The van der Waals surface area contributed by atoms with Crippen molar-refractivity contribution in [3.8, 4) is 5.69 Å². The number of nitrogens with one attached hydrogen (secondary N) is 2. The molecule has 1 heterocycles.